The summed E-state index contributed by atoms with van der Waals surface area (Å²) >= 11 is 6.11. The number of carbonyl (C=O) groups is 1. The summed E-state index contributed by atoms with van der Waals surface area (Å²) in [5.41, 5.74) is -0.309. The second-order valence-electron chi connectivity index (χ2n) is 7.10. The maximum atomic E-state index is 13.2. The van der Waals surface area contributed by atoms with Gasteiger partial charge in [-0.05, 0) is 48.9 Å². The zero-order chi connectivity index (χ0) is 24.2. The molecule has 1 heterocycles. The van der Waals surface area contributed by atoms with Crippen LogP contribution < -0.4 is 10.0 Å². The van der Waals surface area contributed by atoms with Gasteiger partial charge in [0.2, 0.25) is 15.9 Å². The Labute approximate surface area is 193 Å². The molecule has 0 saturated heterocycles. The summed E-state index contributed by atoms with van der Waals surface area (Å²) < 4.78 is 67.9. The molecular weight excluding hydrogens is 479 g/mol. The van der Waals surface area contributed by atoms with Crippen LogP contribution in [0.4, 0.5) is 13.2 Å². The maximum absolute atomic E-state index is 13.2. The van der Waals surface area contributed by atoms with E-state index >= 15 is 0 Å². The SMILES string of the molecule is CC(NS(=O)(=O)c1ccccc1-c1cc(C(F)(F)F)ccc1Cl)C(=O)NCc1ccncc1. The van der Waals surface area contributed by atoms with Crippen molar-refractivity contribution in [3.8, 4) is 11.1 Å². The second-order valence-corrected chi connectivity index (χ2v) is 9.19. The molecule has 1 atom stereocenters. The quantitative estimate of drug-likeness (QED) is 0.506. The van der Waals surface area contributed by atoms with Gasteiger partial charge in [0.25, 0.3) is 0 Å². The van der Waals surface area contributed by atoms with E-state index in [1.54, 1.807) is 24.5 Å². The average molecular weight is 498 g/mol. The molecular formula is C22H19ClF3N3O3S. The molecule has 11 heteroatoms. The van der Waals surface area contributed by atoms with E-state index in [1.165, 1.54) is 31.2 Å². The van der Waals surface area contributed by atoms with Crippen molar-refractivity contribution in [2.75, 3.05) is 0 Å². The van der Waals surface area contributed by atoms with Gasteiger partial charge in [0.1, 0.15) is 0 Å². The summed E-state index contributed by atoms with van der Waals surface area (Å²) in [4.78, 5) is 16.0. The van der Waals surface area contributed by atoms with Gasteiger partial charge in [0.15, 0.2) is 0 Å². The van der Waals surface area contributed by atoms with Crippen LogP contribution in [0.2, 0.25) is 5.02 Å². The predicted octanol–water partition coefficient (Wildman–Crippen LogP) is 4.40. The Morgan fingerprint density at radius 1 is 1.06 bits per heavy atom. The minimum atomic E-state index is -4.63. The Morgan fingerprint density at radius 2 is 1.73 bits per heavy atom. The largest absolute Gasteiger partial charge is 0.416 e. The van der Waals surface area contributed by atoms with Crippen molar-refractivity contribution in [1.29, 1.82) is 0 Å². The minimum absolute atomic E-state index is 0.0227. The molecule has 0 fully saturated rings. The molecule has 0 aliphatic rings. The number of pyridine rings is 1. The fraction of sp³-hybridized carbons (Fsp3) is 0.182. The molecule has 3 rings (SSSR count). The van der Waals surface area contributed by atoms with Gasteiger partial charge in [-0.2, -0.15) is 17.9 Å². The summed E-state index contributed by atoms with van der Waals surface area (Å²) in [5.74, 6) is -0.579. The van der Waals surface area contributed by atoms with Gasteiger partial charge in [0.05, 0.1) is 16.5 Å². The molecule has 1 aromatic heterocycles. The molecule has 2 N–H and O–H groups in total. The van der Waals surface area contributed by atoms with E-state index in [4.69, 9.17) is 11.6 Å². The molecule has 0 saturated carbocycles. The van der Waals surface area contributed by atoms with E-state index in [-0.39, 0.29) is 27.6 Å². The van der Waals surface area contributed by atoms with Gasteiger partial charge < -0.3 is 5.32 Å². The highest BCUT2D eigenvalue weighted by molar-refractivity contribution is 7.89. The number of hydrogen-bond acceptors (Lipinski definition) is 4. The first-order chi connectivity index (χ1) is 15.5. The molecule has 0 bridgehead atoms. The van der Waals surface area contributed by atoms with Gasteiger partial charge in [0, 0.05) is 35.1 Å². The number of sulfonamides is 1. The number of halogens is 4. The smallest absolute Gasteiger partial charge is 0.351 e. The first kappa shape index (κ1) is 24.7. The molecule has 1 amide bonds. The molecule has 0 radical (unpaired) electrons. The second kappa shape index (κ2) is 9.90. The summed E-state index contributed by atoms with van der Waals surface area (Å²) in [6.07, 6.45) is -1.51. The van der Waals surface area contributed by atoms with Gasteiger partial charge in [-0.3, -0.25) is 9.78 Å². The summed E-state index contributed by atoms with van der Waals surface area (Å²) in [5, 5.41) is 2.57. The summed E-state index contributed by atoms with van der Waals surface area (Å²) in [6.45, 7) is 1.53. The molecule has 2 aromatic carbocycles. The lowest BCUT2D eigenvalue weighted by Gasteiger charge is -2.17. The van der Waals surface area contributed by atoms with Crippen LogP contribution in [-0.4, -0.2) is 25.4 Å². The van der Waals surface area contributed by atoms with Crippen molar-refractivity contribution in [3.05, 3.63) is 83.1 Å². The van der Waals surface area contributed by atoms with Crippen LogP contribution in [-0.2, 0) is 27.5 Å². The van der Waals surface area contributed by atoms with E-state index in [2.05, 4.69) is 15.0 Å². The Kier molecular flexibility index (Phi) is 7.41. The average Bonchev–Trinajstić information content (AvgIpc) is 2.77. The lowest BCUT2D eigenvalue weighted by molar-refractivity contribution is -0.137. The van der Waals surface area contributed by atoms with Crippen molar-refractivity contribution in [2.24, 2.45) is 0 Å². The third kappa shape index (κ3) is 6.10. The number of rotatable bonds is 7. The number of aromatic nitrogens is 1. The Morgan fingerprint density at radius 3 is 2.39 bits per heavy atom. The topological polar surface area (TPSA) is 88.2 Å². The highest BCUT2D eigenvalue weighted by Crippen LogP contribution is 2.38. The van der Waals surface area contributed by atoms with E-state index in [1.807, 2.05) is 0 Å². The van der Waals surface area contributed by atoms with E-state index in [0.717, 1.165) is 23.8 Å². The highest BCUT2D eigenvalue weighted by Gasteiger charge is 2.32. The zero-order valence-electron chi connectivity index (χ0n) is 17.2. The van der Waals surface area contributed by atoms with Crippen LogP contribution in [0.5, 0.6) is 0 Å². The third-order valence-electron chi connectivity index (χ3n) is 4.70. The lowest BCUT2D eigenvalue weighted by Crippen LogP contribution is -2.44. The summed E-state index contributed by atoms with van der Waals surface area (Å²) in [7, 11) is -4.29. The third-order valence-corrected chi connectivity index (χ3v) is 6.63. The summed E-state index contributed by atoms with van der Waals surface area (Å²) in [6, 6.07) is 10.4. The van der Waals surface area contributed by atoms with Gasteiger partial charge in [-0.25, -0.2) is 8.42 Å². The molecule has 0 spiro atoms. The van der Waals surface area contributed by atoms with Crippen molar-refractivity contribution in [2.45, 2.75) is 30.6 Å². The van der Waals surface area contributed by atoms with Gasteiger partial charge >= 0.3 is 6.18 Å². The van der Waals surface area contributed by atoms with Crippen LogP contribution in [0.15, 0.2) is 71.9 Å². The maximum Gasteiger partial charge on any atom is 0.416 e. The molecule has 1 unspecified atom stereocenters. The van der Waals surface area contributed by atoms with Crippen molar-refractivity contribution < 1.29 is 26.4 Å². The zero-order valence-corrected chi connectivity index (χ0v) is 18.8. The predicted molar refractivity (Wildman–Crippen MR) is 118 cm³/mol. The van der Waals surface area contributed by atoms with E-state index in [9.17, 15) is 26.4 Å². The lowest BCUT2D eigenvalue weighted by atomic mass is 10.0. The molecule has 0 aliphatic carbocycles. The minimum Gasteiger partial charge on any atom is -0.351 e. The number of hydrogen-bond donors (Lipinski definition) is 2. The standard InChI is InChI=1S/C22H19ClF3N3O3S/c1-14(21(30)28-13-15-8-10-27-11-9-15)29-33(31,32)20-5-3-2-4-17(20)18-12-16(22(24,25)26)6-7-19(18)23/h2-12,14,29H,13H2,1H3,(H,28,30). The Balaban J connectivity index is 1.86. The Bertz CT molecular complexity index is 1250. The Hall–Kier alpha value is -2.95. The number of nitrogens with zero attached hydrogens (tertiary/aromatic N) is 1. The molecule has 6 nitrogen and oxygen atoms in total. The van der Waals surface area contributed by atoms with E-state index < -0.39 is 33.7 Å². The van der Waals surface area contributed by atoms with Gasteiger partial charge in [-0.1, -0.05) is 29.8 Å². The first-order valence-electron chi connectivity index (χ1n) is 9.64. The van der Waals surface area contributed by atoms with Crippen LogP contribution in [0, 0.1) is 0 Å². The van der Waals surface area contributed by atoms with E-state index in [0.29, 0.717) is 0 Å². The highest BCUT2D eigenvalue weighted by atomic mass is 35.5. The molecule has 0 aliphatic heterocycles. The molecule has 33 heavy (non-hydrogen) atoms. The first-order valence-corrected chi connectivity index (χ1v) is 11.5. The fourth-order valence-electron chi connectivity index (χ4n) is 3.02. The number of alkyl halides is 3. The molecule has 3 aromatic rings. The van der Waals surface area contributed by atoms with Crippen LogP contribution in [0.1, 0.15) is 18.1 Å². The monoisotopic (exact) mass is 497 g/mol. The van der Waals surface area contributed by atoms with Crippen LogP contribution >= 0.6 is 11.6 Å². The fourth-order valence-corrected chi connectivity index (χ4v) is 4.67. The van der Waals surface area contributed by atoms with Gasteiger partial charge in [-0.15, -0.1) is 0 Å². The normalized spacial score (nSPS) is 12.9. The number of carbonyl (C=O) groups excluding carboxylic acids is 1. The van der Waals surface area contributed by atoms with Crippen LogP contribution in [0.3, 0.4) is 0 Å². The van der Waals surface area contributed by atoms with Crippen LogP contribution in [0.25, 0.3) is 11.1 Å². The number of amides is 1. The van der Waals surface area contributed by atoms with Crippen molar-refractivity contribution >= 4 is 27.5 Å². The molecule has 174 valence electrons. The van der Waals surface area contributed by atoms with Crippen molar-refractivity contribution in [1.82, 2.24) is 15.0 Å². The number of nitrogens with one attached hydrogen (secondary N) is 2. The van der Waals surface area contributed by atoms with Crippen molar-refractivity contribution in [3.63, 3.8) is 0 Å². The number of benzene rings is 2.